The molecule has 0 aliphatic carbocycles. The first kappa shape index (κ1) is 15.4. The van der Waals surface area contributed by atoms with E-state index in [9.17, 15) is 8.42 Å². The van der Waals surface area contributed by atoms with Crippen LogP contribution in [0.25, 0.3) is 0 Å². The van der Waals surface area contributed by atoms with E-state index < -0.39 is 10.0 Å². The summed E-state index contributed by atoms with van der Waals surface area (Å²) in [5, 5.41) is 3.47. The van der Waals surface area contributed by atoms with Crippen molar-refractivity contribution in [1.29, 1.82) is 0 Å². The van der Waals surface area contributed by atoms with Gasteiger partial charge in [0.1, 0.15) is 0 Å². The summed E-state index contributed by atoms with van der Waals surface area (Å²) in [7, 11) is -1.76. The van der Waals surface area contributed by atoms with Gasteiger partial charge in [-0.1, -0.05) is 0 Å². The Hall–Kier alpha value is -0.960. The molecule has 8 heteroatoms. The van der Waals surface area contributed by atoms with Crippen LogP contribution in [-0.4, -0.2) is 62.6 Å². The standard InChI is InChI=1S/C12H22N4O3S/c1-19-6-4-13-7-11-3-2-5-16(9-11)20(17,18)12-8-14-10-15-12/h8,10-11,13H,2-7,9H2,1H3,(H,14,15). The van der Waals surface area contributed by atoms with Gasteiger partial charge in [0, 0.05) is 26.7 Å². The number of aromatic amines is 1. The lowest BCUT2D eigenvalue weighted by Gasteiger charge is -2.31. The molecule has 0 amide bonds. The summed E-state index contributed by atoms with van der Waals surface area (Å²) in [6.07, 6.45) is 4.69. The third-order valence-corrected chi connectivity index (χ3v) is 5.28. The van der Waals surface area contributed by atoms with E-state index in [2.05, 4.69) is 15.3 Å². The van der Waals surface area contributed by atoms with Crippen LogP contribution in [0.1, 0.15) is 12.8 Å². The third-order valence-electron chi connectivity index (χ3n) is 3.49. The molecule has 1 fully saturated rings. The summed E-state index contributed by atoms with van der Waals surface area (Å²) in [4.78, 5) is 6.46. The van der Waals surface area contributed by atoms with E-state index in [1.165, 1.54) is 12.5 Å². The molecular weight excluding hydrogens is 280 g/mol. The van der Waals surface area contributed by atoms with Gasteiger partial charge >= 0.3 is 0 Å². The molecular formula is C12H22N4O3S. The molecule has 7 nitrogen and oxygen atoms in total. The van der Waals surface area contributed by atoms with Gasteiger partial charge in [0.15, 0.2) is 5.03 Å². The number of methoxy groups -OCH3 is 1. The Bertz CT molecular complexity index is 489. The summed E-state index contributed by atoms with van der Waals surface area (Å²) in [5.74, 6) is 0.346. The van der Waals surface area contributed by atoms with Crippen molar-refractivity contribution in [2.75, 3.05) is 39.9 Å². The van der Waals surface area contributed by atoms with Crippen molar-refractivity contribution < 1.29 is 13.2 Å². The topological polar surface area (TPSA) is 87.3 Å². The van der Waals surface area contributed by atoms with Crippen LogP contribution in [0, 0.1) is 5.92 Å². The maximum atomic E-state index is 12.4. The Labute approximate surface area is 119 Å². The van der Waals surface area contributed by atoms with E-state index >= 15 is 0 Å². The van der Waals surface area contributed by atoms with Gasteiger partial charge in [-0.25, -0.2) is 13.4 Å². The highest BCUT2D eigenvalue weighted by Crippen LogP contribution is 2.22. The van der Waals surface area contributed by atoms with Gasteiger partial charge in [-0.05, 0) is 25.3 Å². The molecule has 2 rings (SSSR count). The second-order valence-corrected chi connectivity index (χ2v) is 6.89. The fourth-order valence-electron chi connectivity index (χ4n) is 2.42. The molecule has 1 atom stereocenters. The van der Waals surface area contributed by atoms with E-state index in [0.717, 1.165) is 25.9 Å². The molecule has 1 saturated heterocycles. The Morgan fingerprint density at radius 3 is 3.15 bits per heavy atom. The van der Waals surface area contributed by atoms with Crippen molar-refractivity contribution in [3.8, 4) is 0 Å². The largest absolute Gasteiger partial charge is 0.383 e. The number of hydrogen-bond acceptors (Lipinski definition) is 5. The maximum Gasteiger partial charge on any atom is 0.260 e. The minimum Gasteiger partial charge on any atom is -0.383 e. The number of H-pyrrole nitrogens is 1. The maximum absolute atomic E-state index is 12.4. The molecule has 0 aromatic carbocycles. The summed E-state index contributed by atoms with van der Waals surface area (Å²) < 4.78 is 31.3. The van der Waals surface area contributed by atoms with Crippen LogP contribution < -0.4 is 5.32 Å². The number of hydrogen-bond donors (Lipinski definition) is 2. The molecule has 1 aliphatic heterocycles. The van der Waals surface area contributed by atoms with Crippen molar-refractivity contribution >= 4 is 10.0 Å². The highest BCUT2D eigenvalue weighted by Gasteiger charge is 2.30. The minimum absolute atomic E-state index is 0.172. The number of imidazole rings is 1. The first-order valence-electron chi connectivity index (χ1n) is 6.83. The van der Waals surface area contributed by atoms with Crippen molar-refractivity contribution in [2.45, 2.75) is 17.9 Å². The Morgan fingerprint density at radius 2 is 2.45 bits per heavy atom. The molecule has 1 aromatic heterocycles. The highest BCUT2D eigenvalue weighted by molar-refractivity contribution is 7.89. The molecule has 1 aliphatic rings. The van der Waals surface area contributed by atoms with E-state index in [0.29, 0.717) is 25.6 Å². The van der Waals surface area contributed by atoms with Crippen molar-refractivity contribution in [3.05, 3.63) is 12.5 Å². The molecule has 1 unspecified atom stereocenters. The van der Waals surface area contributed by atoms with Gasteiger partial charge in [-0.3, -0.25) is 0 Å². The number of aromatic nitrogens is 2. The van der Waals surface area contributed by atoms with Crippen LogP contribution in [-0.2, 0) is 14.8 Å². The Balaban J connectivity index is 1.90. The minimum atomic E-state index is -3.42. The average Bonchev–Trinajstić information content (AvgIpc) is 2.99. The molecule has 0 bridgehead atoms. The quantitative estimate of drug-likeness (QED) is 0.695. The van der Waals surface area contributed by atoms with Gasteiger partial charge in [0.2, 0.25) is 0 Å². The fraction of sp³-hybridized carbons (Fsp3) is 0.750. The van der Waals surface area contributed by atoms with Crippen LogP contribution in [0.2, 0.25) is 0 Å². The van der Waals surface area contributed by atoms with E-state index in [-0.39, 0.29) is 5.03 Å². The third kappa shape index (κ3) is 3.78. The van der Waals surface area contributed by atoms with Crippen LogP contribution in [0.3, 0.4) is 0 Å². The van der Waals surface area contributed by atoms with Gasteiger partial charge in [0.05, 0.1) is 19.1 Å². The summed E-state index contributed by atoms with van der Waals surface area (Å²) in [6, 6.07) is 0. The molecule has 2 N–H and O–H groups in total. The van der Waals surface area contributed by atoms with Crippen LogP contribution in [0.15, 0.2) is 17.6 Å². The zero-order valence-electron chi connectivity index (χ0n) is 11.7. The molecule has 2 heterocycles. The van der Waals surface area contributed by atoms with Gasteiger partial charge in [-0.2, -0.15) is 4.31 Å². The lowest BCUT2D eigenvalue weighted by atomic mass is 10.00. The fourth-order valence-corrected chi connectivity index (χ4v) is 3.87. The van der Waals surface area contributed by atoms with Crippen molar-refractivity contribution in [3.63, 3.8) is 0 Å². The average molecular weight is 302 g/mol. The summed E-state index contributed by atoms with van der Waals surface area (Å²) in [5.41, 5.74) is 0. The molecule has 0 radical (unpaired) electrons. The molecule has 0 saturated carbocycles. The van der Waals surface area contributed by atoms with Crippen molar-refractivity contribution in [2.24, 2.45) is 5.92 Å². The second kappa shape index (κ2) is 7.16. The first-order chi connectivity index (χ1) is 9.64. The van der Waals surface area contributed by atoms with Gasteiger partial charge < -0.3 is 15.0 Å². The number of ether oxygens (including phenoxy) is 1. The molecule has 0 spiro atoms. The molecule has 1 aromatic rings. The van der Waals surface area contributed by atoms with E-state index in [1.54, 1.807) is 11.4 Å². The SMILES string of the molecule is COCCNCC1CCCN(S(=O)(=O)c2cnc[nH]2)C1. The lowest BCUT2D eigenvalue weighted by molar-refractivity contribution is 0.193. The second-order valence-electron chi connectivity index (χ2n) is 4.98. The highest BCUT2D eigenvalue weighted by atomic mass is 32.2. The normalized spacial score (nSPS) is 21.1. The predicted molar refractivity (Wildman–Crippen MR) is 74.8 cm³/mol. The number of piperidine rings is 1. The van der Waals surface area contributed by atoms with E-state index in [4.69, 9.17) is 4.74 Å². The van der Waals surface area contributed by atoms with Gasteiger partial charge in [-0.15, -0.1) is 0 Å². The number of rotatable bonds is 7. The van der Waals surface area contributed by atoms with Crippen LogP contribution in [0.5, 0.6) is 0 Å². The van der Waals surface area contributed by atoms with Crippen molar-refractivity contribution in [1.82, 2.24) is 19.6 Å². The zero-order chi connectivity index (χ0) is 14.4. The summed E-state index contributed by atoms with van der Waals surface area (Å²) in [6.45, 7) is 3.42. The van der Waals surface area contributed by atoms with Crippen LogP contribution in [0.4, 0.5) is 0 Å². The zero-order valence-corrected chi connectivity index (χ0v) is 12.5. The number of sulfonamides is 1. The van der Waals surface area contributed by atoms with E-state index in [1.807, 2.05) is 0 Å². The predicted octanol–water partition coefficient (Wildman–Crippen LogP) is 0.0464. The Morgan fingerprint density at radius 1 is 1.60 bits per heavy atom. The monoisotopic (exact) mass is 302 g/mol. The number of nitrogens with one attached hydrogen (secondary N) is 2. The number of nitrogens with zero attached hydrogens (tertiary/aromatic N) is 2. The Kier molecular flexibility index (Phi) is 5.53. The van der Waals surface area contributed by atoms with Crippen LogP contribution >= 0.6 is 0 Å². The smallest absolute Gasteiger partial charge is 0.260 e. The molecule has 20 heavy (non-hydrogen) atoms. The lowest BCUT2D eigenvalue weighted by Crippen LogP contribution is -2.43. The molecule has 114 valence electrons. The van der Waals surface area contributed by atoms with Gasteiger partial charge in [0.25, 0.3) is 10.0 Å². The summed E-state index contributed by atoms with van der Waals surface area (Å²) >= 11 is 0. The first-order valence-corrected chi connectivity index (χ1v) is 8.27.